The minimum absolute atomic E-state index is 0.172. The Morgan fingerprint density at radius 1 is 0.857 bits per heavy atom. The number of hydrogen-bond donors (Lipinski definition) is 3. The Hall–Kier alpha value is -4.36. The van der Waals surface area contributed by atoms with E-state index >= 15 is 0 Å². The molecule has 0 atom stereocenters. The Bertz CT molecular complexity index is 1530. The molecule has 35 heavy (non-hydrogen) atoms. The molecule has 0 aliphatic rings. The van der Waals surface area contributed by atoms with E-state index in [1.54, 1.807) is 24.3 Å². The zero-order valence-corrected chi connectivity index (χ0v) is 19.2. The van der Waals surface area contributed by atoms with E-state index in [4.69, 9.17) is 4.42 Å². The molecule has 0 aliphatic heterocycles. The van der Waals surface area contributed by atoms with E-state index in [1.165, 1.54) is 12.1 Å². The number of oxazole rings is 1. The molecule has 1 aromatic heterocycles. The number of benzene rings is 4. The highest BCUT2D eigenvalue weighted by atomic mass is 32.1. The van der Waals surface area contributed by atoms with E-state index in [0.29, 0.717) is 22.7 Å². The summed E-state index contributed by atoms with van der Waals surface area (Å²) in [5.74, 6) is -0.777. The summed E-state index contributed by atoms with van der Waals surface area (Å²) in [7, 11) is 0. The zero-order chi connectivity index (χ0) is 24.4. The van der Waals surface area contributed by atoms with Crippen molar-refractivity contribution in [2.45, 2.75) is 4.90 Å². The highest BCUT2D eigenvalue weighted by Gasteiger charge is 2.21. The number of aromatic nitrogens is 1. The van der Waals surface area contributed by atoms with Crippen LogP contribution in [0.25, 0.3) is 33.8 Å². The number of amides is 1. The van der Waals surface area contributed by atoms with Crippen LogP contribution in [0.15, 0.2) is 106 Å². The Labute approximate surface area is 206 Å². The van der Waals surface area contributed by atoms with Gasteiger partial charge in [-0.05, 0) is 48.0 Å². The number of halogens is 1. The van der Waals surface area contributed by atoms with Crippen molar-refractivity contribution < 1.29 is 18.7 Å². The number of hydrogen-bond acceptors (Lipinski definition) is 5. The van der Waals surface area contributed by atoms with Gasteiger partial charge in [0.25, 0.3) is 5.91 Å². The molecule has 5 nitrogen and oxygen atoms in total. The van der Waals surface area contributed by atoms with Crippen LogP contribution in [-0.4, -0.2) is 16.0 Å². The smallest absolute Gasteiger partial charge is 0.258 e. The van der Waals surface area contributed by atoms with E-state index in [-0.39, 0.29) is 17.2 Å². The number of aromatic hydroxyl groups is 1. The summed E-state index contributed by atoms with van der Waals surface area (Å²) in [6.07, 6.45) is 0. The molecule has 0 saturated carbocycles. The number of nitrogens with zero attached hydrogens (tertiary/aromatic N) is 1. The van der Waals surface area contributed by atoms with Crippen molar-refractivity contribution in [3.8, 4) is 39.6 Å². The molecule has 0 fully saturated rings. The van der Waals surface area contributed by atoms with Gasteiger partial charge in [0, 0.05) is 33.2 Å². The summed E-state index contributed by atoms with van der Waals surface area (Å²) in [4.78, 5) is 18.8. The third-order valence-corrected chi connectivity index (χ3v) is 5.69. The van der Waals surface area contributed by atoms with Gasteiger partial charge in [-0.2, -0.15) is 0 Å². The second-order valence-corrected chi connectivity index (χ2v) is 8.29. The molecule has 5 aromatic rings. The van der Waals surface area contributed by atoms with Crippen LogP contribution in [0, 0.1) is 5.82 Å². The highest BCUT2D eigenvalue weighted by molar-refractivity contribution is 7.80. The van der Waals surface area contributed by atoms with Gasteiger partial charge in [-0.15, -0.1) is 12.6 Å². The first kappa shape index (κ1) is 22.4. The van der Waals surface area contributed by atoms with Gasteiger partial charge in [0.1, 0.15) is 17.3 Å². The van der Waals surface area contributed by atoms with Gasteiger partial charge in [-0.25, -0.2) is 9.37 Å². The van der Waals surface area contributed by atoms with E-state index in [2.05, 4.69) is 22.9 Å². The van der Waals surface area contributed by atoms with Crippen LogP contribution in [0.2, 0.25) is 0 Å². The van der Waals surface area contributed by atoms with Gasteiger partial charge < -0.3 is 9.52 Å². The fourth-order valence-corrected chi connectivity index (χ4v) is 4.00. The molecule has 0 aliphatic carbocycles. The molecule has 0 spiro atoms. The van der Waals surface area contributed by atoms with E-state index < -0.39 is 11.7 Å². The first-order chi connectivity index (χ1) is 17.0. The number of anilines is 1. The largest absolute Gasteiger partial charge is 0.507 e. The zero-order valence-electron chi connectivity index (χ0n) is 18.3. The highest BCUT2D eigenvalue weighted by Crippen LogP contribution is 2.36. The molecule has 0 saturated heterocycles. The number of nitrogens with one attached hydrogen (secondary N) is 1. The van der Waals surface area contributed by atoms with Crippen LogP contribution in [0.3, 0.4) is 0 Å². The molecule has 5 rings (SSSR count). The van der Waals surface area contributed by atoms with Gasteiger partial charge in [0.15, 0.2) is 0 Å². The average Bonchev–Trinajstić information content (AvgIpc) is 3.28. The number of carbonyl (C=O) groups excluding carboxylic acids is 1. The molecule has 4 aromatic carbocycles. The third kappa shape index (κ3) is 4.67. The van der Waals surface area contributed by atoms with Crippen LogP contribution in [-0.2, 0) is 0 Å². The first-order valence-electron chi connectivity index (χ1n) is 10.7. The predicted octanol–water partition coefficient (Wildman–Crippen LogP) is 7.06. The van der Waals surface area contributed by atoms with Crippen LogP contribution in [0.1, 0.15) is 10.4 Å². The monoisotopic (exact) mass is 482 g/mol. The molecule has 0 radical (unpaired) electrons. The molecule has 1 heterocycles. The molecule has 2 N–H and O–H groups in total. The number of rotatable bonds is 5. The van der Waals surface area contributed by atoms with Crippen molar-refractivity contribution in [1.29, 1.82) is 0 Å². The molecule has 0 bridgehead atoms. The Balaban J connectivity index is 1.57. The van der Waals surface area contributed by atoms with Crippen molar-refractivity contribution in [2.75, 3.05) is 5.32 Å². The van der Waals surface area contributed by atoms with E-state index in [1.807, 2.05) is 54.6 Å². The molecular weight excluding hydrogens is 463 g/mol. The van der Waals surface area contributed by atoms with Crippen LogP contribution >= 0.6 is 12.6 Å². The predicted molar refractivity (Wildman–Crippen MR) is 136 cm³/mol. The number of thiol groups is 1. The average molecular weight is 483 g/mol. The molecule has 1 amide bonds. The summed E-state index contributed by atoms with van der Waals surface area (Å²) >= 11 is 4.42. The fourth-order valence-electron chi connectivity index (χ4n) is 3.78. The summed E-state index contributed by atoms with van der Waals surface area (Å²) in [5, 5.41) is 13.1. The normalized spacial score (nSPS) is 10.8. The lowest BCUT2D eigenvalue weighted by Gasteiger charge is -2.11. The maximum absolute atomic E-state index is 13.5. The quantitative estimate of drug-likeness (QED) is 0.234. The summed E-state index contributed by atoms with van der Waals surface area (Å²) < 4.78 is 19.5. The van der Waals surface area contributed by atoms with Crippen LogP contribution in [0.4, 0.5) is 10.3 Å². The van der Waals surface area contributed by atoms with Crippen molar-refractivity contribution >= 4 is 24.4 Å². The summed E-state index contributed by atoms with van der Waals surface area (Å²) in [6, 6.07) is 27.2. The van der Waals surface area contributed by atoms with Gasteiger partial charge in [-0.1, -0.05) is 48.5 Å². The number of phenols is 1. The van der Waals surface area contributed by atoms with Crippen LogP contribution in [0.5, 0.6) is 5.75 Å². The van der Waals surface area contributed by atoms with Gasteiger partial charge >= 0.3 is 0 Å². The van der Waals surface area contributed by atoms with E-state index in [0.717, 1.165) is 22.1 Å². The molecule has 7 heteroatoms. The Morgan fingerprint density at radius 3 is 2.37 bits per heavy atom. The topological polar surface area (TPSA) is 75.4 Å². The molecule has 0 unspecified atom stereocenters. The standard InChI is InChI=1S/C28H19FN2O3S/c29-19-13-14-22(24(32)16-19)21-11-4-5-12-23(21)26(33)31-28-25(18-9-6-10-20(35)15-18)30-27(34-28)17-7-2-1-3-8-17/h1-16,32,35H,(H,31,33). The summed E-state index contributed by atoms with van der Waals surface area (Å²) in [6.45, 7) is 0. The van der Waals surface area contributed by atoms with Crippen molar-refractivity contribution in [3.63, 3.8) is 0 Å². The lowest BCUT2D eigenvalue weighted by Crippen LogP contribution is -2.13. The SMILES string of the molecule is O=C(Nc1oc(-c2ccccc2)nc1-c1cccc(S)c1)c1ccccc1-c1ccc(F)cc1O. The molecular formula is C28H19FN2O3S. The minimum Gasteiger partial charge on any atom is -0.507 e. The second-order valence-electron chi connectivity index (χ2n) is 7.77. The van der Waals surface area contributed by atoms with E-state index in [9.17, 15) is 14.3 Å². The summed E-state index contributed by atoms with van der Waals surface area (Å²) in [5.41, 5.74) is 3.00. The van der Waals surface area contributed by atoms with Crippen molar-refractivity contribution in [1.82, 2.24) is 4.98 Å². The fraction of sp³-hybridized carbons (Fsp3) is 0. The lowest BCUT2D eigenvalue weighted by molar-refractivity contribution is 0.102. The number of carbonyl (C=O) groups is 1. The van der Waals surface area contributed by atoms with Crippen molar-refractivity contribution in [3.05, 3.63) is 108 Å². The first-order valence-corrected chi connectivity index (χ1v) is 11.2. The van der Waals surface area contributed by atoms with Gasteiger partial charge in [0.2, 0.25) is 11.8 Å². The third-order valence-electron chi connectivity index (χ3n) is 5.42. The number of phenolic OH excluding ortho intramolecular Hbond substituents is 1. The van der Waals surface area contributed by atoms with Crippen molar-refractivity contribution in [2.24, 2.45) is 0 Å². The van der Waals surface area contributed by atoms with Crippen LogP contribution < -0.4 is 5.32 Å². The Morgan fingerprint density at radius 2 is 1.60 bits per heavy atom. The minimum atomic E-state index is -0.570. The Kier molecular flexibility index (Phi) is 6.08. The maximum Gasteiger partial charge on any atom is 0.258 e. The molecule has 172 valence electrons. The maximum atomic E-state index is 13.5. The second kappa shape index (κ2) is 9.48. The van der Waals surface area contributed by atoms with Gasteiger partial charge in [0.05, 0.1) is 0 Å². The lowest BCUT2D eigenvalue weighted by atomic mass is 9.98. The van der Waals surface area contributed by atoms with Gasteiger partial charge in [-0.3, -0.25) is 10.1 Å².